The quantitative estimate of drug-likeness (QED) is 0.154. The van der Waals surface area contributed by atoms with Crippen LogP contribution in [0.1, 0.15) is 48.5 Å². The van der Waals surface area contributed by atoms with Crippen LogP contribution >= 0.6 is 0 Å². The van der Waals surface area contributed by atoms with Crippen LogP contribution in [0.15, 0.2) is 46.1 Å². The predicted octanol–water partition coefficient (Wildman–Crippen LogP) is 2.72. The molecule has 0 aliphatic heterocycles. The van der Waals surface area contributed by atoms with E-state index in [0.29, 0.717) is 0 Å². The Bertz CT molecular complexity index is 1370. The van der Waals surface area contributed by atoms with E-state index in [-0.39, 0.29) is 57.4 Å². The van der Waals surface area contributed by atoms with Crippen LogP contribution in [0.4, 0.5) is 0 Å². The van der Waals surface area contributed by atoms with Crippen molar-refractivity contribution in [1.29, 1.82) is 0 Å². The third-order valence-corrected chi connectivity index (χ3v) is 7.80. The third-order valence-electron chi connectivity index (χ3n) is 7.80. The van der Waals surface area contributed by atoms with Crippen molar-refractivity contribution in [2.45, 2.75) is 54.1 Å². The molecular weight excluding hydrogens is 604 g/mol. The molecule has 0 fully saturated rings. The van der Waals surface area contributed by atoms with Crippen molar-refractivity contribution in [1.82, 2.24) is 0 Å². The molecule has 0 radical (unpaired) electrons. The number of hydrogen-bond donors (Lipinski definition) is 0. The molecule has 2 bridgehead atoms. The molecule has 0 N–H and O–H groups in total. The minimum atomic E-state index is -1.99. The van der Waals surface area contributed by atoms with E-state index >= 15 is 0 Å². The van der Waals surface area contributed by atoms with E-state index in [1.54, 1.807) is 46.8 Å². The Hall–Kier alpha value is -4.26. The van der Waals surface area contributed by atoms with Gasteiger partial charge in [0.15, 0.2) is 0 Å². The number of ether oxygens (including phenoxy) is 7. The van der Waals surface area contributed by atoms with E-state index in [0.717, 1.165) is 0 Å². The summed E-state index contributed by atoms with van der Waals surface area (Å²) >= 11 is 0. The van der Waals surface area contributed by atoms with E-state index in [9.17, 15) is 28.8 Å². The molecule has 0 aromatic carbocycles. The predicted molar refractivity (Wildman–Crippen MR) is 159 cm³/mol. The molecule has 5 unspecified atom stereocenters. The fraction of sp³-hybridized carbons (Fsp3) is 0.576. The molecule has 0 saturated carbocycles. The van der Waals surface area contributed by atoms with Gasteiger partial charge in [0.1, 0.15) is 5.60 Å². The van der Waals surface area contributed by atoms with Crippen molar-refractivity contribution >= 4 is 35.8 Å². The van der Waals surface area contributed by atoms with Crippen LogP contribution in [0.3, 0.4) is 0 Å². The van der Waals surface area contributed by atoms with E-state index in [2.05, 4.69) is 0 Å². The van der Waals surface area contributed by atoms with Gasteiger partial charge in [-0.15, -0.1) is 0 Å². The smallest absolute Gasteiger partial charge is 0.339 e. The summed E-state index contributed by atoms with van der Waals surface area (Å²) in [6.07, 6.45) is 4.65. The van der Waals surface area contributed by atoms with Crippen molar-refractivity contribution in [3.05, 3.63) is 46.1 Å². The zero-order valence-corrected chi connectivity index (χ0v) is 27.3. The number of carbonyl (C=O) groups excluding carboxylic acids is 6. The summed E-state index contributed by atoms with van der Waals surface area (Å²) in [4.78, 5) is 83.1. The summed E-state index contributed by atoms with van der Waals surface area (Å²) in [5, 5.41) is 0. The van der Waals surface area contributed by atoms with Crippen molar-refractivity contribution in [2.24, 2.45) is 23.7 Å². The van der Waals surface area contributed by atoms with Crippen molar-refractivity contribution in [3.63, 3.8) is 0 Å². The maximum absolute atomic E-state index is 14.1. The molecule has 4 rings (SSSR count). The largest absolute Gasteiger partial charge is 0.466 e. The highest BCUT2D eigenvalue weighted by atomic mass is 16.6. The van der Waals surface area contributed by atoms with Gasteiger partial charge in [-0.2, -0.15) is 0 Å². The third kappa shape index (κ3) is 6.37. The summed E-state index contributed by atoms with van der Waals surface area (Å²) in [6, 6.07) is 0. The van der Waals surface area contributed by atoms with Crippen LogP contribution in [-0.4, -0.2) is 87.7 Å². The lowest BCUT2D eigenvalue weighted by molar-refractivity contribution is -0.158. The highest BCUT2D eigenvalue weighted by Gasteiger charge is 2.66. The van der Waals surface area contributed by atoms with Crippen LogP contribution in [0.2, 0.25) is 0 Å². The normalized spacial score (nSPS) is 24.7. The van der Waals surface area contributed by atoms with Crippen LogP contribution in [0, 0.1) is 23.7 Å². The Kier molecular flexibility index (Phi) is 12.5. The summed E-state index contributed by atoms with van der Waals surface area (Å²) in [7, 11) is 0. The highest BCUT2D eigenvalue weighted by molar-refractivity contribution is 6.18. The second-order valence-corrected chi connectivity index (χ2v) is 10.2. The second kappa shape index (κ2) is 15.8. The molecule has 252 valence electrons. The maximum atomic E-state index is 14.1. The minimum Gasteiger partial charge on any atom is -0.466 e. The number of carbonyl (C=O) groups is 6. The van der Waals surface area contributed by atoms with Gasteiger partial charge in [-0.25, -0.2) is 24.0 Å². The van der Waals surface area contributed by atoms with E-state index in [1.807, 2.05) is 0 Å². The van der Waals surface area contributed by atoms with Crippen molar-refractivity contribution in [2.75, 3.05) is 46.2 Å². The molecule has 13 nitrogen and oxygen atoms in total. The Labute approximate surface area is 267 Å². The van der Waals surface area contributed by atoms with E-state index in [4.69, 9.17) is 33.2 Å². The lowest BCUT2D eigenvalue weighted by Crippen LogP contribution is -2.59. The van der Waals surface area contributed by atoms with Gasteiger partial charge in [-0.3, -0.25) is 4.79 Å². The maximum Gasteiger partial charge on any atom is 0.339 e. The fourth-order valence-electron chi connectivity index (χ4n) is 6.47. The lowest BCUT2D eigenvalue weighted by atomic mass is 9.56. The molecule has 4 aliphatic carbocycles. The summed E-state index contributed by atoms with van der Waals surface area (Å²) in [5.41, 5.74) is -4.05. The van der Waals surface area contributed by atoms with Crippen LogP contribution in [-0.2, 0) is 61.9 Å². The lowest BCUT2D eigenvalue weighted by Gasteiger charge is -2.52. The first-order chi connectivity index (χ1) is 22.0. The number of allylic oxidation sites excluding steroid dienone is 1. The molecule has 4 aliphatic rings. The van der Waals surface area contributed by atoms with Crippen molar-refractivity contribution in [3.8, 4) is 0 Å². The highest BCUT2D eigenvalue weighted by Crippen LogP contribution is 2.59. The van der Waals surface area contributed by atoms with Crippen LogP contribution in [0.5, 0.6) is 0 Å². The zero-order valence-electron chi connectivity index (χ0n) is 27.3. The number of hydrogen-bond acceptors (Lipinski definition) is 13. The SMILES string of the molecule is CCOC(=O)C1=CC2C=CC(C1C(=O)OCC)C1C(C(=O)OCC)=C(C(=O)OCC)C(C(=O)OCC)=C(C(=O)OCC)C21OCC. The Morgan fingerprint density at radius 2 is 1.09 bits per heavy atom. The van der Waals surface area contributed by atoms with Crippen molar-refractivity contribution < 1.29 is 61.9 Å². The van der Waals surface area contributed by atoms with Gasteiger partial charge in [0.05, 0.1) is 67.9 Å². The second-order valence-electron chi connectivity index (χ2n) is 10.2. The standard InChI is InChI=1S/C33H42O13/c1-8-40-27(34)20-17-18-15-16-19(21(20)28(35)41-9-2)25-23(30(37)43-11-4)22(29(36)42-10-3)24(31(38)44-12-5)26(32(39)45-13-6)33(18,25)46-14-7/h15-19,21,25H,8-14H2,1-7H3. The topological polar surface area (TPSA) is 167 Å². The molecule has 0 spiro atoms. The van der Waals surface area contributed by atoms with Gasteiger partial charge >= 0.3 is 35.8 Å². The van der Waals surface area contributed by atoms with Gasteiger partial charge in [0.2, 0.25) is 0 Å². The molecule has 0 heterocycles. The van der Waals surface area contributed by atoms with E-state index < -0.39 is 81.8 Å². The average molecular weight is 647 g/mol. The number of fused-ring (bicyclic) bond motifs is 1. The zero-order chi connectivity index (χ0) is 34.2. The average Bonchev–Trinajstić information content (AvgIpc) is 3.27. The van der Waals surface area contributed by atoms with Crippen LogP contribution in [0.25, 0.3) is 0 Å². The molecular formula is C33H42O13. The first-order valence-electron chi connectivity index (χ1n) is 15.6. The first kappa shape index (κ1) is 36.2. The molecule has 0 aromatic heterocycles. The Balaban J connectivity index is 2.68. The Morgan fingerprint density at radius 1 is 0.587 bits per heavy atom. The fourth-order valence-corrected chi connectivity index (χ4v) is 6.47. The van der Waals surface area contributed by atoms with Crippen LogP contribution < -0.4 is 0 Å². The molecule has 0 aromatic rings. The number of esters is 6. The Morgan fingerprint density at radius 3 is 1.63 bits per heavy atom. The minimum absolute atomic E-state index is 0.0174. The van der Waals surface area contributed by atoms with Gasteiger partial charge in [-0.1, -0.05) is 18.2 Å². The molecule has 0 saturated heterocycles. The van der Waals surface area contributed by atoms with Gasteiger partial charge < -0.3 is 33.2 Å². The number of rotatable bonds is 14. The molecule has 5 atom stereocenters. The summed E-state index contributed by atoms with van der Waals surface area (Å²) in [6.45, 7) is 10.3. The first-order valence-corrected chi connectivity index (χ1v) is 15.6. The monoisotopic (exact) mass is 646 g/mol. The van der Waals surface area contributed by atoms with Gasteiger partial charge in [0, 0.05) is 29.9 Å². The van der Waals surface area contributed by atoms with E-state index in [1.165, 1.54) is 19.9 Å². The van der Waals surface area contributed by atoms with Gasteiger partial charge in [-0.05, 0) is 48.5 Å². The van der Waals surface area contributed by atoms with Gasteiger partial charge in [0.25, 0.3) is 0 Å². The summed E-state index contributed by atoms with van der Waals surface area (Å²) in [5.74, 6) is -10.9. The molecule has 13 heteroatoms. The molecule has 46 heavy (non-hydrogen) atoms. The molecule has 0 amide bonds. The summed E-state index contributed by atoms with van der Waals surface area (Å²) < 4.78 is 38.8.